The molecule has 1 amide bonds. The monoisotopic (exact) mass is 331 g/mol. The Bertz CT molecular complexity index is 840. The molecule has 0 saturated heterocycles. The van der Waals surface area contributed by atoms with Crippen molar-refractivity contribution in [3.05, 3.63) is 46.9 Å². The number of hydrogen-bond acceptors (Lipinski definition) is 6. The molecule has 0 aliphatic heterocycles. The zero-order valence-electron chi connectivity index (χ0n) is 12.9. The summed E-state index contributed by atoms with van der Waals surface area (Å²) in [7, 11) is 0. The zero-order valence-corrected chi connectivity index (χ0v) is 13.7. The molecule has 1 aromatic carbocycles. The second-order valence-electron chi connectivity index (χ2n) is 5.40. The third-order valence-corrected chi connectivity index (χ3v) is 4.21. The molecule has 0 spiro atoms. The molecule has 3 aromatic rings. The van der Waals surface area contributed by atoms with Crippen LogP contribution in [0.15, 0.2) is 28.7 Å². The fourth-order valence-electron chi connectivity index (χ4n) is 2.48. The van der Waals surface area contributed by atoms with Gasteiger partial charge in [0, 0.05) is 17.7 Å². The third kappa shape index (κ3) is 3.40. The molecule has 0 aliphatic carbocycles. The van der Waals surface area contributed by atoms with Crippen LogP contribution in [-0.4, -0.2) is 26.3 Å². The number of furan rings is 1. The molecule has 0 aliphatic rings. The van der Waals surface area contributed by atoms with Crippen LogP contribution in [0.1, 0.15) is 40.0 Å². The highest BCUT2D eigenvalue weighted by molar-refractivity contribution is 7.00. The summed E-state index contributed by atoms with van der Waals surface area (Å²) in [4.78, 5) is 12.1. The third-order valence-electron chi connectivity index (χ3n) is 3.66. The van der Waals surface area contributed by atoms with Gasteiger partial charge in [-0.15, -0.1) is 0 Å². The molecule has 6 nitrogen and oxygen atoms in total. The average Bonchev–Trinajstić information content (AvgIpc) is 3.12. The number of rotatable bonds is 5. The first-order valence-electron chi connectivity index (χ1n) is 7.30. The molecule has 0 bridgehead atoms. The summed E-state index contributed by atoms with van der Waals surface area (Å²) >= 11 is 1.12. The first-order valence-corrected chi connectivity index (χ1v) is 8.03. The highest BCUT2D eigenvalue weighted by atomic mass is 32.1. The van der Waals surface area contributed by atoms with Crippen LogP contribution in [0.4, 0.5) is 0 Å². The number of aliphatic hydroxyl groups is 1. The van der Waals surface area contributed by atoms with Crippen LogP contribution in [0.3, 0.4) is 0 Å². The lowest BCUT2D eigenvalue weighted by Gasteiger charge is -2.10. The molecule has 120 valence electrons. The summed E-state index contributed by atoms with van der Waals surface area (Å²) in [6, 6.07) is 7.04. The standard InChI is InChI=1S/C16H17N3O3S/c1-9-7-12(10(2)22-9)15(20)5-6-17-16(21)11-3-4-13-14(8-11)19-23-18-13/h3-4,7-8,15,20H,5-6H2,1-2H3,(H,17,21)/t15-/m0/s1. The maximum Gasteiger partial charge on any atom is 0.251 e. The first-order chi connectivity index (χ1) is 11.0. The Morgan fingerprint density at radius 2 is 2.09 bits per heavy atom. The zero-order chi connectivity index (χ0) is 16.4. The molecule has 3 rings (SSSR count). The van der Waals surface area contributed by atoms with Crippen molar-refractivity contribution in [2.45, 2.75) is 26.4 Å². The minimum absolute atomic E-state index is 0.188. The van der Waals surface area contributed by atoms with Crippen LogP contribution in [0.2, 0.25) is 0 Å². The number of fused-ring (bicyclic) bond motifs is 1. The lowest BCUT2D eigenvalue weighted by molar-refractivity contribution is 0.0942. The van der Waals surface area contributed by atoms with Crippen LogP contribution >= 0.6 is 11.7 Å². The summed E-state index contributed by atoms with van der Waals surface area (Å²) in [5.74, 6) is 1.29. The van der Waals surface area contributed by atoms with Gasteiger partial charge in [0.05, 0.1) is 17.8 Å². The summed E-state index contributed by atoms with van der Waals surface area (Å²) in [5.41, 5.74) is 2.81. The number of amides is 1. The van der Waals surface area contributed by atoms with E-state index in [1.165, 1.54) is 0 Å². The maximum atomic E-state index is 12.1. The van der Waals surface area contributed by atoms with Gasteiger partial charge in [-0.2, -0.15) is 8.75 Å². The summed E-state index contributed by atoms with van der Waals surface area (Å²) in [6.45, 7) is 4.03. The Hall–Kier alpha value is -2.25. The predicted molar refractivity (Wildman–Crippen MR) is 87.5 cm³/mol. The number of benzene rings is 1. The summed E-state index contributed by atoms with van der Waals surface area (Å²) in [6.07, 6.45) is -0.232. The van der Waals surface area contributed by atoms with Crippen molar-refractivity contribution in [1.82, 2.24) is 14.1 Å². The number of aryl methyl sites for hydroxylation is 2. The van der Waals surface area contributed by atoms with E-state index in [1.54, 1.807) is 18.2 Å². The second-order valence-corrected chi connectivity index (χ2v) is 5.93. The van der Waals surface area contributed by atoms with E-state index in [-0.39, 0.29) is 5.91 Å². The van der Waals surface area contributed by atoms with Gasteiger partial charge >= 0.3 is 0 Å². The van der Waals surface area contributed by atoms with Gasteiger partial charge in [-0.25, -0.2) is 0 Å². The van der Waals surface area contributed by atoms with E-state index >= 15 is 0 Å². The number of hydrogen-bond donors (Lipinski definition) is 2. The van der Waals surface area contributed by atoms with Gasteiger partial charge in [-0.05, 0) is 44.5 Å². The fourth-order valence-corrected chi connectivity index (χ4v) is 3.00. The molecule has 7 heteroatoms. The molecule has 23 heavy (non-hydrogen) atoms. The van der Waals surface area contributed by atoms with Crippen LogP contribution in [0.25, 0.3) is 11.0 Å². The molecule has 0 radical (unpaired) electrons. The van der Waals surface area contributed by atoms with E-state index in [9.17, 15) is 9.90 Å². The minimum Gasteiger partial charge on any atom is -0.466 e. The van der Waals surface area contributed by atoms with E-state index in [4.69, 9.17) is 4.42 Å². The SMILES string of the molecule is Cc1cc([C@@H](O)CCNC(=O)c2ccc3nsnc3c2)c(C)o1. The number of carbonyl (C=O) groups is 1. The van der Waals surface area contributed by atoms with Crippen molar-refractivity contribution in [1.29, 1.82) is 0 Å². The van der Waals surface area contributed by atoms with Crippen molar-refractivity contribution in [3.8, 4) is 0 Å². The topological polar surface area (TPSA) is 88.2 Å². The number of nitrogens with one attached hydrogen (secondary N) is 1. The van der Waals surface area contributed by atoms with Gasteiger partial charge in [0.15, 0.2) is 0 Å². The number of aliphatic hydroxyl groups excluding tert-OH is 1. The van der Waals surface area contributed by atoms with Gasteiger partial charge in [0.2, 0.25) is 0 Å². The molecule has 2 heterocycles. The highest BCUT2D eigenvalue weighted by Gasteiger charge is 2.15. The summed E-state index contributed by atoms with van der Waals surface area (Å²) in [5, 5.41) is 13.0. The highest BCUT2D eigenvalue weighted by Crippen LogP contribution is 2.23. The van der Waals surface area contributed by atoms with Crippen LogP contribution in [0, 0.1) is 13.8 Å². The smallest absolute Gasteiger partial charge is 0.251 e. The molecular weight excluding hydrogens is 314 g/mol. The quantitative estimate of drug-likeness (QED) is 0.750. The Balaban J connectivity index is 1.57. The van der Waals surface area contributed by atoms with E-state index in [2.05, 4.69) is 14.1 Å². The lowest BCUT2D eigenvalue weighted by Crippen LogP contribution is -2.25. The van der Waals surface area contributed by atoms with E-state index < -0.39 is 6.10 Å². The molecular formula is C16H17N3O3S. The van der Waals surface area contributed by atoms with Crippen molar-refractivity contribution in [3.63, 3.8) is 0 Å². The average molecular weight is 331 g/mol. The lowest BCUT2D eigenvalue weighted by atomic mass is 10.1. The van der Waals surface area contributed by atoms with Crippen LogP contribution in [-0.2, 0) is 0 Å². The van der Waals surface area contributed by atoms with Gasteiger partial charge in [-0.1, -0.05) is 0 Å². The van der Waals surface area contributed by atoms with Crippen LogP contribution < -0.4 is 5.32 Å². The normalized spacial score (nSPS) is 12.5. The van der Waals surface area contributed by atoms with E-state index in [1.807, 2.05) is 19.9 Å². The molecule has 0 saturated carbocycles. The second kappa shape index (κ2) is 6.47. The number of carbonyl (C=O) groups excluding carboxylic acids is 1. The molecule has 0 fully saturated rings. The molecule has 2 aromatic heterocycles. The van der Waals surface area contributed by atoms with Crippen molar-refractivity contribution >= 4 is 28.7 Å². The van der Waals surface area contributed by atoms with Crippen molar-refractivity contribution in [2.24, 2.45) is 0 Å². The summed E-state index contributed by atoms with van der Waals surface area (Å²) < 4.78 is 13.6. The van der Waals surface area contributed by atoms with Gasteiger partial charge in [0.1, 0.15) is 22.6 Å². The van der Waals surface area contributed by atoms with E-state index in [0.29, 0.717) is 29.8 Å². The number of aromatic nitrogens is 2. The Kier molecular flexibility index (Phi) is 4.40. The molecule has 1 atom stereocenters. The van der Waals surface area contributed by atoms with Gasteiger partial charge in [-0.3, -0.25) is 4.79 Å². The maximum absolute atomic E-state index is 12.1. The van der Waals surface area contributed by atoms with Crippen molar-refractivity contribution in [2.75, 3.05) is 6.54 Å². The molecule has 2 N–H and O–H groups in total. The predicted octanol–water partition coefficient (Wildman–Crippen LogP) is 2.75. The van der Waals surface area contributed by atoms with Gasteiger partial charge < -0.3 is 14.8 Å². The van der Waals surface area contributed by atoms with Gasteiger partial charge in [0.25, 0.3) is 5.91 Å². The Morgan fingerprint density at radius 1 is 1.30 bits per heavy atom. The van der Waals surface area contributed by atoms with E-state index in [0.717, 1.165) is 28.6 Å². The largest absolute Gasteiger partial charge is 0.466 e. The van der Waals surface area contributed by atoms with Crippen molar-refractivity contribution < 1.29 is 14.3 Å². The molecule has 0 unspecified atom stereocenters. The Labute approximate surface area is 137 Å². The first kappa shape index (κ1) is 15.6. The fraction of sp³-hybridized carbons (Fsp3) is 0.312. The number of nitrogens with zero attached hydrogens (tertiary/aromatic N) is 2. The van der Waals surface area contributed by atoms with Crippen LogP contribution in [0.5, 0.6) is 0 Å². The Morgan fingerprint density at radius 3 is 2.83 bits per heavy atom. The minimum atomic E-state index is -0.655.